The van der Waals surface area contributed by atoms with Crippen LogP contribution in [-0.4, -0.2) is 46.4 Å². The van der Waals surface area contributed by atoms with Crippen molar-refractivity contribution in [2.24, 2.45) is 5.41 Å². The maximum absolute atomic E-state index is 12.1. The van der Waals surface area contributed by atoms with Crippen LogP contribution in [0.5, 0.6) is 0 Å². The summed E-state index contributed by atoms with van der Waals surface area (Å²) in [4.78, 5) is 12.9. The molecule has 0 atom stereocenters. The Morgan fingerprint density at radius 2 is 2.00 bits per heavy atom. The molecule has 3 saturated carbocycles. The van der Waals surface area contributed by atoms with Gasteiger partial charge in [0.05, 0.1) is 22.8 Å². The van der Waals surface area contributed by atoms with Gasteiger partial charge in [-0.25, -0.2) is 0 Å². The molecule has 4 fully saturated rings. The number of carboxylic acid groups (broad SMARTS) is 1. The van der Waals surface area contributed by atoms with E-state index in [0.717, 1.165) is 5.69 Å². The summed E-state index contributed by atoms with van der Waals surface area (Å²) in [5.74, 6) is -0.753. The summed E-state index contributed by atoms with van der Waals surface area (Å²) in [5, 5.41) is 13.4. The number of halogens is 3. The molecular weight excluding hydrogens is 303 g/mol. The van der Waals surface area contributed by atoms with Crippen LogP contribution in [0.4, 0.5) is 18.9 Å². The van der Waals surface area contributed by atoms with Gasteiger partial charge in [0.15, 0.2) is 0 Å². The number of aliphatic carboxylic acids is 1. The average molecular weight is 317 g/mol. The second-order valence-corrected chi connectivity index (χ2v) is 6.57. The van der Waals surface area contributed by atoms with Crippen LogP contribution >= 0.6 is 0 Å². The van der Waals surface area contributed by atoms with E-state index in [2.05, 4.69) is 9.84 Å². The Morgan fingerprint density at radius 1 is 1.36 bits per heavy atom. The first kappa shape index (κ1) is 13.9. The van der Waals surface area contributed by atoms with Gasteiger partial charge >= 0.3 is 12.3 Å². The molecule has 5 rings (SSSR count). The van der Waals surface area contributed by atoms with Crippen LogP contribution in [0.2, 0.25) is 0 Å². The average Bonchev–Trinajstić information content (AvgIpc) is 2.66. The molecule has 1 N–H and O–H groups in total. The summed E-state index contributed by atoms with van der Waals surface area (Å²) < 4.78 is 41.9. The minimum atomic E-state index is -4.60. The summed E-state index contributed by atoms with van der Waals surface area (Å²) in [6, 6.07) is 0. The third-order valence-corrected chi connectivity index (χ3v) is 5.02. The van der Waals surface area contributed by atoms with E-state index in [0.29, 0.717) is 19.3 Å². The maximum Gasteiger partial charge on any atom is 0.522 e. The van der Waals surface area contributed by atoms with Gasteiger partial charge in [-0.05, 0) is 19.3 Å². The van der Waals surface area contributed by atoms with Crippen LogP contribution in [0.15, 0.2) is 12.4 Å². The Morgan fingerprint density at radius 3 is 2.55 bits per heavy atom. The fourth-order valence-electron chi connectivity index (χ4n) is 3.85. The van der Waals surface area contributed by atoms with Crippen LogP contribution in [0.25, 0.3) is 0 Å². The predicted octanol–water partition coefficient (Wildman–Crippen LogP) is 1.57. The molecule has 22 heavy (non-hydrogen) atoms. The van der Waals surface area contributed by atoms with Gasteiger partial charge in [0, 0.05) is 19.3 Å². The molecule has 6 nitrogen and oxygen atoms in total. The largest absolute Gasteiger partial charge is 0.522 e. The standard InChI is InChI=1S/C13H14F3N3O3/c14-13(15,16)22-9-3-18(4-9)8-1-17-19(2-8)12-5-11(6-12,7-12)10(20)21/h1-2,9H,3-7H2,(H,20,21). The first-order chi connectivity index (χ1) is 10.2. The van der Waals surface area contributed by atoms with Crippen LogP contribution in [0.3, 0.4) is 0 Å². The van der Waals surface area contributed by atoms with Crippen LogP contribution in [0, 0.1) is 5.41 Å². The summed E-state index contributed by atoms with van der Waals surface area (Å²) >= 11 is 0. The van der Waals surface area contributed by atoms with Crippen molar-refractivity contribution in [2.75, 3.05) is 18.0 Å². The molecule has 0 unspecified atom stereocenters. The highest BCUT2D eigenvalue weighted by Gasteiger charge is 2.73. The third kappa shape index (κ3) is 1.84. The van der Waals surface area contributed by atoms with Crippen molar-refractivity contribution < 1.29 is 27.8 Å². The first-order valence-corrected chi connectivity index (χ1v) is 7.00. The molecule has 0 aromatic carbocycles. The highest BCUT2D eigenvalue weighted by Crippen LogP contribution is 2.71. The minimum Gasteiger partial charge on any atom is -0.481 e. The number of anilines is 1. The van der Waals surface area contributed by atoms with Gasteiger partial charge in [0.2, 0.25) is 0 Å². The van der Waals surface area contributed by atoms with Gasteiger partial charge in [0.1, 0.15) is 6.10 Å². The fraction of sp³-hybridized carbons (Fsp3) is 0.692. The zero-order valence-electron chi connectivity index (χ0n) is 11.5. The molecule has 4 aliphatic rings. The molecule has 0 spiro atoms. The van der Waals surface area contributed by atoms with Crippen LogP contribution in [-0.2, 0) is 15.1 Å². The number of nitrogens with zero attached hydrogens (tertiary/aromatic N) is 3. The fourth-order valence-corrected chi connectivity index (χ4v) is 3.85. The first-order valence-electron chi connectivity index (χ1n) is 7.00. The van der Waals surface area contributed by atoms with E-state index < -0.39 is 23.9 Å². The summed E-state index contributed by atoms with van der Waals surface area (Å²) in [7, 11) is 0. The lowest BCUT2D eigenvalue weighted by Gasteiger charge is -2.67. The number of aromatic nitrogens is 2. The second-order valence-electron chi connectivity index (χ2n) is 6.57. The Kier molecular flexibility index (Phi) is 2.49. The zero-order chi connectivity index (χ0) is 15.8. The van der Waals surface area contributed by atoms with E-state index in [9.17, 15) is 18.0 Å². The summed E-state index contributed by atoms with van der Waals surface area (Å²) in [6.07, 6.45) is -0.304. The molecule has 1 aromatic heterocycles. The normalized spacial score (nSPS) is 33.9. The number of hydrogen-bond donors (Lipinski definition) is 1. The molecule has 1 aliphatic heterocycles. The third-order valence-electron chi connectivity index (χ3n) is 5.02. The number of ether oxygens (including phenoxy) is 1. The number of hydrogen-bond acceptors (Lipinski definition) is 4. The molecule has 3 aliphatic carbocycles. The number of carboxylic acids is 1. The molecule has 9 heteroatoms. The van der Waals surface area contributed by atoms with Crippen molar-refractivity contribution in [1.29, 1.82) is 0 Å². The Balaban J connectivity index is 1.36. The Labute approximate surface area is 123 Å². The van der Waals surface area contributed by atoms with E-state index in [-0.39, 0.29) is 18.6 Å². The van der Waals surface area contributed by atoms with Gasteiger partial charge in [-0.2, -0.15) is 5.10 Å². The SMILES string of the molecule is O=C(O)C12CC(n3cc(N4CC(OC(F)(F)F)C4)cn3)(C1)C2. The maximum atomic E-state index is 12.1. The number of alkyl halides is 3. The zero-order valence-corrected chi connectivity index (χ0v) is 11.5. The highest BCUT2D eigenvalue weighted by molar-refractivity contribution is 5.79. The van der Waals surface area contributed by atoms with Gasteiger partial charge < -0.3 is 10.0 Å². The molecule has 2 heterocycles. The molecule has 0 radical (unpaired) electrons. The predicted molar refractivity (Wildman–Crippen MR) is 67.3 cm³/mol. The smallest absolute Gasteiger partial charge is 0.481 e. The summed E-state index contributed by atoms with van der Waals surface area (Å²) in [5.41, 5.74) is -0.0335. The number of rotatable bonds is 4. The van der Waals surface area contributed by atoms with Crippen LogP contribution < -0.4 is 4.90 Å². The Bertz CT molecular complexity index is 616. The van der Waals surface area contributed by atoms with E-state index in [1.54, 1.807) is 22.0 Å². The van der Waals surface area contributed by atoms with Gasteiger partial charge in [-0.3, -0.25) is 14.2 Å². The molecule has 1 aromatic rings. The summed E-state index contributed by atoms with van der Waals surface area (Å²) in [6.45, 7) is 0.356. The van der Waals surface area contributed by atoms with Crippen molar-refractivity contribution in [3.05, 3.63) is 12.4 Å². The van der Waals surface area contributed by atoms with Crippen molar-refractivity contribution in [2.45, 2.75) is 37.3 Å². The molecule has 120 valence electrons. The van der Waals surface area contributed by atoms with Crippen molar-refractivity contribution in [3.63, 3.8) is 0 Å². The van der Waals surface area contributed by atoms with Crippen molar-refractivity contribution >= 4 is 11.7 Å². The number of carbonyl (C=O) groups is 1. The monoisotopic (exact) mass is 317 g/mol. The van der Waals surface area contributed by atoms with E-state index in [4.69, 9.17) is 5.11 Å². The van der Waals surface area contributed by atoms with Gasteiger partial charge in [-0.15, -0.1) is 13.2 Å². The van der Waals surface area contributed by atoms with E-state index in [1.165, 1.54) is 0 Å². The quantitative estimate of drug-likeness (QED) is 0.913. The molecule has 0 amide bonds. The van der Waals surface area contributed by atoms with Gasteiger partial charge in [0.25, 0.3) is 0 Å². The highest BCUT2D eigenvalue weighted by atomic mass is 19.4. The lowest BCUT2D eigenvalue weighted by atomic mass is 9.39. The van der Waals surface area contributed by atoms with Crippen LogP contribution in [0.1, 0.15) is 19.3 Å². The van der Waals surface area contributed by atoms with Gasteiger partial charge in [-0.1, -0.05) is 0 Å². The molecule has 2 bridgehead atoms. The topological polar surface area (TPSA) is 67.6 Å². The van der Waals surface area contributed by atoms with Crippen molar-refractivity contribution in [3.8, 4) is 0 Å². The van der Waals surface area contributed by atoms with Crippen molar-refractivity contribution in [1.82, 2.24) is 9.78 Å². The lowest BCUT2D eigenvalue weighted by Crippen LogP contribution is -2.70. The minimum absolute atomic E-state index is 0.178. The second kappa shape index (κ2) is 3.95. The lowest BCUT2D eigenvalue weighted by molar-refractivity contribution is -0.344. The Hall–Kier alpha value is -1.77. The van der Waals surface area contributed by atoms with E-state index in [1.807, 2.05) is 0 Å². The van der Waals surface area contributed by atoms with E-state index >= 15 is 0 Å². The molecular formula is C13H14F3N3O3. The molecule has 1 saturated heterocycles.